The molecule has 1 saturated heterocycles. The van der Waals surface area contributed by atoms with Crippen LogP contribution in [0.1, 0.15) is 36.7 Å². The second kappa shape index (κ2) is 5.27. The zero-order valence-corrected chi connectivity index (χ0v) is 10.0. The van der Waals surface area contributed by atoms with Crippen molar-refractivity contribution in [2.45, 2.75) is 38.8 Å². The van der Waals surface area contributed by atoms with E-state index in [1.165, 1.54) is 25.5 Å². The topological polar surface area (TPSA) is 71.2 Å². The molecule has 1 aromatic rings. The molecule has 0 saturated carbocycles. The molecule has 1 atom stereocenters. The molecule has 0 amide bonds. The molecular weight excluding hydrogens is 220 g/mol. The summed E-state index contributed by atoms with van der Waals surface area (Å²) in [7, 11) is 0. The van der Waals surface area contributed by atoms with E-state index in [1.54, 1.807) is 4.68 Å². The van der Waals surface area contributed by atoms with Crippen molar-refractivity contribution in [1.29, 1.82) is 0 Å². The van der Waals surface area contributed by atoms with Gasteiger partial charge in [-0.05, 0) is 26.3 Å². The molecule has 1 unspecified atom stereocenters. The lowest BCUT2D eigenvalue weighted by Gasteiger charge is -2.33. The number of carboxylic acid groups (broad SMARTS) is 1. The van der Waals surface area contributed by atoms with Crippen LogP contribution in [0.2, 0.25) is 0 Å². The van der Waals surface area contributed by atoms with Gasteiger partial charge in [-0.3, -0.25) is 9.58 Å². The van der Waals surface area contributed by atoms with Crippen molar-refractivity contribution < 1.29 is 9.90 Å². The van der Waals surface area contributed by atoms with E-state index in [-0.39, 0.29) is 5.69 Å². The number of aromatic nitrogens is 3. The average molecular weight is 238 g/mol. The highest BCUT2D eigenvalue weighted by Gasteiger charge is 2.18. The lowest BCUT2D eigenvalue weighted by atomic mass is 10.0. The summed E-state index contributed by atoms with van der Waals surface area (Å²) < 4.78 is 1.60. The smallest absolute Gasteiger partial charge is 0.358 e. The van der Waals surface area contributed by atoms with E-state index in [4.69, 9.17) is 5.11 Å². The minimum atomic E-state index is -1.03. The summed E-state index contributed by atoms with van der Waals surface area (Å²) in [6.45, 7) is 4.97. The van der Waals surface area contributed by atoms with E-state index < -0.39 is 5.97 Å². The third-order valence-corrected chi connectivity index (χ3v) is 3.31. The Balaban J connectivity index is 1.86. The fraction of sp³-hybridized carbons (Fsp3) is 0.727. The fourth-order valence-electron chi connectivity index (χ4n) is 2.23. The highest BCUT2D eigenvalue weighted by molar-refractivity contribution is 5.84. The third-order valence-electron chi connectivity index (χ3n) is 3.31. The number of likely N-dealkylation sites (tertiary alicyclic amines) is 1. The molecule has 0 spiro atoms. The van der Waals surface area contributed by atoms with Crippen LogP contribution >= 0.6 is 0 Å². The monoisotopic (exact) mass is 238 g/mol. The average Bonchev–Trinajstić information content (AvgIpc) is 2.77. The van der Waals surface area contributed by atoms with Gasteiger partial charge in [0.2, 0.25) is 0 Å². The van der Waals surface area contributed by atoms with Crippen LogP contribution in [0.25, 0.3) is 0 Å². The SMILES string of the molecule is CC1CCCCN1CCn1cc(C(=O)O)nn1. The van der Waals surface area contributed by atoms with Crippen LogP contribution in [0.4, 0.5) is 0 Å². The fourth-order valence-corrected chi connectivity index (χ4v) is 2.23. The Morgan fingerprint density at radius 3 is 3.00 bits per heavy atom. The van der Waals surface area contributed by atoms with Gasteiger partial charge in [-0.2, -0.15) is 0 Å². The molecule has 1 aromatic heterocycles. The van der Waals surface area contributed by atoms with E-state index in [2.05, 4.69) is 22.1 Å². The van der Waals surface area contributed by atoms with Gasteiger partial charge in [0, 0.05) is 12.6 Å². The molecule has 17 heavy (non-hydrogen) atoms. The molecule has 2 heterocycles. The molecule has 1 aliphatic heterocycles. The minimum Gasteiger partial charge on any atom is -0.476 e. The van der Waals surface area contributed by atoms with Crippen molar-refractivity contribution in [3.63, 3.8) is 0 Å². The maximum absolute atomic E-state index is 10.6. The van der Waals surface area contributed by atoms with Gasteiger partial charge in [-0.15, -0.1) is 5.10 Å². The number of hydrogen-bond acceptors (Lipinski definition) is 4. The van der Waals surface area contributed by atoms with Crippen molar-refractivity contribution in [2.75, 3.05) is 13.1 Å². The summed E-state index contributed by atoms with van der Waals surface area (Å²) in [5, 5.41) is 16.1. The first-order chi connectivity index (χ1) is 8.16. The van der Waals surface area contributed by atoms with E-state index in [0.29, 0.717) is 12.6 Å². The molecule has 94 valence electrons. The summed E-state index contributed by atoms with van der Waals surface area (Å²) >= 11 is 0. The molecular formula is C11H18N4O2. The van der Waals surface area contributed by atoms with Crippen LogP contribution in [0.3, 0.4) is 0 Å². The summed E-state index contributed by atoms with van der Waals surface area (Å²) in [6, 6.07) is 0.617. The Kier molecular flexibility index (Phi) is 3.73. The van der Waals surface area contributed by atoms with Gasteiger partial charge in [0.1, 0.15) is 0 Å². The summed E-state index contributed by atoms with van der Waals surface area (Å²) in [5.74, 6) is -1.03. The first-order valence-electron chi connectivity index (χ1n) is 6.04. The number of carboxylic acids is 1. The minimum absolute atomic E-state index is 0.0108. The number of carbonyl (C=O) groups is 1. The zero-order chi connectivity index (χ0) is 12.3. The van der Waals surface area contributed by atoms with Crippen molar-refractivity contribution >= 4 is 5.97 Å². The number of aromatic carboxylic acids is 1. The van der Waals surface area contributed by atoms with Gasteiger partial charge in [0.25, 0.3) is 0 Å². The molecule has 0 aliphatic carbocycles. The van der Waals surface area contributed by atoms with Crippen LogP contribution in [0, 0.1) is 0 Å². The van der Waals surface area contributed by atoms with Crippen LogP contribution in [-0.2, 0) is 6.54 Å². The summed E-state index contributed by atoms with van der Waals surface area (Å²) in [5.41, 5.74) is 0.0108. The lowest BCUT2D eigenvalue weighted by molar-refractivity contribution is 0.0690. The predicted molar refractivity (Wildman–Crippen MR) is 61.9 cm³/mol. The van der Waals surface area contributed by atoms with E-state index in [9.17, 15) is 4.79 Å². The Morgan fingerprint density at radius 2 is 2.35 bits per heavy atom. The largest absolute Gasteiger partial charge is 0.476 e. The zero-order valence-electron chi connectivity index (χ0n) is 10.0. The van der Waals surface area contributed by atoms with Crippen molar-refractivity contribution in [1.82, 2.24) is 19.9 Å². The molecule has 2 rings (SSSR count). The second-order valence-corrected chi connectivity index (χ2v) is 4.55. The van der Waals surface area contributed by atoms with Gasteiger partial charge < -0.3 is 5.11 Å². The Hall–Kier alpha value is -1.43. The molecule has 1 fully saturated rings. The summed E-state index contributed by atoms with van der Waals surface area (Å²) in [4.78, 5) is 13.1. The van der Waals surface area contributed by atoms with Crippen molar-refractivity contribution in [2.24, 2.45) is 0 Å². The Morgan fingerprint density at radius 1 is 1.53 bits per heavy atom. The molecule has 0 radical (unpaired) electrons. The molecule has 6 heteroatoms. The van der Waals surface area contributed by atoms with Crippen LogP contribution in [-0.4, -0.2) is 50.1 Å². The van der Waals surface area contributed by atoms with E-state index in [1.807, 2.05) is 0 Å². The highest BCUT2D eigenvalue weighted by Crippen LogP contribution is 2.15. The first kappa shape index (κ1) is 12.0. The molecule has 0 bridgehead atoms. The van der Waals surface area contributed by atoms with Gasteiger partial charge >= 0.3 is 5.97 Å². The van der Waals surface area contributed by atoms with Gasteiger partial charge in [0.15, 0.2) is 5.69 Å². The first-order valence-corrected chi connectivity index (χ1v) is 6.04. The predicted octanol–water partition coefficient (Wildman–Crippen LogP) is 0.851. The highest BCUT2D eigenvalue weighted by atomic mass is 16.4. The molecule has 6 nitrogen and oxygen atoms in total. The maximum Gasteiger partial charge on any atom is 0.358 e. The van der Waals surface area contributed by atoms with Crippen molar-refractivity contribution in [3.05, 3.63) is 11.9 Å². The van der Waals surface area contributed by atoms with E-state index >= 15 is 0 Å². The quantitative estimate of drug-likeness (QED) is 0.842. The standard InChI is InChI=1S/C11H18N4O2/c1-9-4-2-3-5-14(9)6-7-15-8-10(11(16)17)12-13-15/h8-9H,2-7H2,1H3,(H,16,17). The third kappa shape index (κ3) is 3.03. The molecule has 1 N–H and O–H groups in total. The van der Waals surface area contributed by atoms with Gasteiger partial charge in [0.05, 0.1) is 12.7 Å². The van der Waals surface area contributed by atoms with Crippen LogP contribution in [0.15, 0.2) is 6.20 Å². The summed E-state index contributed by atoms with van der Waals surface area (Å²) in [6.07, 6.45) is 5.29. The molecule has 0 aromatic carbocycles. The van der Waals surface area contributed by atoms with Crippen LogP contribution < -0.4 is 0 Å². The van der Waals surface area contributed by atoms with Crippen molar-refractivity contribution in [3.8, 4) is 0 Å². The molecule has 1 aliphatic rings. The lowest BCUT2D eigenvalue weighted by Crippen LogP contribution is -2.39. The number of piperidine rings is 1. The van der Waals surface area contributed by atoms with Gasteiger partial charge in [-0.1, -0.05) is 11.6 Å². The maximum atomic E-state index is 10.6. The Labute approximate surface area is 100 Å². The second-order valence-electron chi connectivity index (χ2n) is 4.55. The number of rotatable bonds is 4. The number of hydrogen-bond donors (Lipinski definition) is 1. The van der Waals surface area contributed by atoms with Gasteiger partial charge in [-0.25, -0.2) is 4.79 Å². The number of nitrogens with zero attached hydrogens (tertiary/aromatic N) is 4. The normalized spacial score (nSPS) is 21.6. The Bertz CT molecular complexity index is 391. The van der Waals surface area contributed by atoms with Crippen LogP contribution in [0.5, 0.6) is 0 Å². The van der Waals surface area contributed by atoms with E-state index in [0.717, 1.165) is 13.1 Å².